The van der Waals surface area contributed by atoms with Crippen molar-refractivity contribution in [1.82, 2.24) is 0 Å². The zero-order valence-electron chi connectivity index (χ0n) is 13.1. The van der Waals surface area contributed by atoms with Gasteiger partial charge in [-0.3, -0.25) is 9.59 Å². The van der Waals surface area contributed by atoms with Crippen LogP contribution >= 0.6 is 15.9 Å². The molecular weight excluding hydrogens is 365 g/mol. The lowest BCUT2D eigenvalue weighted by molar-refractivity contribution is -0.153. The summed E-state index contributed by atoms with van der Waals surface area (Å²) in [6.07, 6.45) is 5.00. The van der Waals surface area contributed by atoms with Gasteiger partial charge in [-0.05, 0) is 37.5 Å². The van der Waals surface area contributed by atoms with Crippen LogP contribution in [0.4, 0.5) is 10.1 Å². The molecule has 1 atom stereocenters. The molecule has 1 aliphatic rings. The van der Waals surface area contributed by atoms with E-state index in [1.807, 2.05) is 0 Å². The molecule has 0 aliphatic heterocycles. The fraction of sp³-hybridized carbons (Fsp3) is 0.529. The lowest BCUT2D eigenvalue weighted by Gasteiger charge is -2.15. The van der Waals surface area contributed by atoms with Gasteiger partial charge in [0.1, 0.15) is 5.82 Å². The summed E-state index contributed by atoms with van der Waals surface area (Å²) in [4.78, 5) is 23.8. The molecule has 0 spiro atoms. The van der Waals surface area contributed by atoms with E-state index >= 15 is 0 Å². The van der Waals surface area contributed by atoms with Crippen molar-refractivity contribution < 1.29 is 18.7 Å². The van der Waals surface area contributed by atoms with E-state index in [9.17, 15) is 14.0 Å². The van der Waals surface area contributed by atoms with E-state index in [4.69, 9.17) is 4.74 Å². The number of halogens is 2. The first-order valence-electron chi connectivity index (χ1n) is 7.91. The Morgan fingerprint density at radius 1 is 1.39 bits per heavy atom. The van der Waals surface area contributed by atoms with Crippen LogP contribution in [-0.2, 0) is 14.3 Å². The fourth-order valence-corrected chi connectivity index (χ4v) is 3.09. The van der Waals surface area contributed by atoms with Gasteiger partial charge in [0.25, 0.3) is 5.91 Å². The second-order valence-corrected chi connectivity index (χ2v) is 6.85. The van der Waals surface area contributed by atoms with Crippen molar-refractivity contribution >= 4 is 33.5 Å². The maximum Gasteiger partial charge on any atom is 0.306 e. The van der Waals surface area contributed by atoms with Crippen LogP contribution in [0.5, 0.6) is 0 Å². The molecule has 1 aromatic carbocycles. The topological polar surface area (TPSA) is 55.4 Å². The van der Waals surface area contributed by atoms with Gasteiger partial charge >= 0.3 is 5.97 Å². The zero-order valence-corrected chi connectivity index (χ0v) is 14.7. The van der Waals surface area contributed by atoms with Crippen LogP contribution in [0.15, 0.2) is 22.7 Å². The van der Waals surface area contributed by atoms with Crippen molar-refractivity contribution in [3.05, 3.63) is 28.5 Å². The van der Waals surface area contributed by atoms with Gasteiger partial charge in [-0.15, -0.1) is 0 Å². The van der Waals surface area contributed by atoms with Crippen molar-refractivity contribution in [1.29, 1.82) is 0 Å². The van der Waals surface area contributed by atoms with Gasteiger partial charge in [0.05, 0.1) is 5.69 Å². The SMILES string of the molecule is CC(OC(=O)CCC1CCCC1)C(=O)Nc1ccc(Br)cc1F. The number of nitrogens with one attached hydrogen (secondary N) is 1. The number of carbonyl (C=O) groups is 2. The van der Waals surface area contributed by atoms with E-state index in [-0.39, 0.29) is 11.7 Å². The summed E-state index contributed by atoms with van der Waals surface area (Å²) < 4.78 is 19.4. The van der Waals surface area contributed by atoms with Gasteiger partial charge in [0.2, 0.25) is 0 Å². The minimum absolute atomic E-state index is 0.0621. The Bertz CT molecular complexity index is 573. The molecule has 0 bridgehead atoms. The van der Waals surface area contributed by atoms with Crippen LogP contribution in [-0.4, -0.2) is 18.0 Å². The quantitative estimate of drug-likeness (QED) is 0.736. The van der Waals surface area contributed by atoms with Gasteiger partial charge in [-0.1, -0.05) is 41.6 Å². The molecule has 1 unspecified atom stereocenters. The number of hydrogen-bond donors (Lipinski definition) is 1. The number of amides is 1. The molecule has 23 heavy (non-hydrogen) atoms. The summed E-state index contributed by atoms with van der Waals surface area (Å²) in [5, 5.41) is 2.43. The molecule has 1 fully saturated rings. The molecule has 1 saturated carbocycles. The maximum absolute atomic E-state index is 13.7. The van der Waals surface area contributed by atoms with Gasteiger partial charge in [-0.25, -0.2) is 4.39 Å². The molecule has 0 saturated heterocycles. The highest BCUT2D eigenvalue weighted by Gasteiger charge is 2.21. The van der Waals surface area contributed by atoms with Gasteiger partial charge in [0.15, 0.2) is 6.10 Å². The van der Waals surface area contributed by atoms with Crippen molar-refractivity contribution in [2.75, 3.05) is 5.32 Å². The largest absolute Gasteiger partial charge is 0.453 e. The number of rotatable bonds is 6. The third-order valence-electron chi connectivity index (χ3n) is 4.10. The molecule has 0 radical (unpaired) electrons. The lowest BCUT2D eigenvalue weighted by atomic mass is 10.0. The number of benzene rings is 1. The van der Waals surface area contributed by atoms with Crippen molar-refractivity contribution in [3.8, 4) is 0 Å². The summed E-state index contributed by atoms with van der Waals surface area (Å²) in [7, 11) is 0. The molecule has 0 aromatic heterocycles. The Hall–Kier alpha value is -1.43. The monoisotopic (exact) mass is 385 g/mol. The molecule has 4 nitrogen and oxygen atoms in total. The Balaban J connectivity index is 1.78. The lowest BCUT2D eigenvalue weighted by Crippen LogP contribution is -2.30. The highest BCUT2D eigenvalue weighted by Crippen LogP contribution is 2.28. The number of hydrogen-bond acceptors (Lipinski definition) is 3. The minimum Gasteiger partial charge on any atom is -0.453 e. The molecule has 2 rings (SSSR count). The Kier molecular flexibility index (Phi) is 6.57. The minimum atomic E-state index is -0.950. The number of ether oxygens (including phenoxy) is 1. The van der Waals surface area contributed by atoms with Crippen molar-refractivity contribution in [3.63, 3.8) is 0 Å². The second-order valence-electron chi connectivity index (χ2n) is 5.93. The number of carbonyl (C=O) groups excluding carboxylic acids is 2. The predicted octanol–water partition coefficient (Wildman–Crippen LogP) is 4.43. The molecular formula is C17H21BrFNO3. The van der Waals surface area contributed by atoms with Crippen LogP contribution in [0.25, 0.3) is 0 Å². The van der Waals surface area contributed by atoms with E-state index in [1.165, 1.54) is 44.7 Å². The molecule has 0 heterocycles. The molecule has 1 amide bonds. The first-order chi connectivity index (χ1) is 11.0. The average molecular weight is 386 g/mol. The number of anilines is 1. The van der Waals surface area contributed by atoms with Crippen LogP contribution in [0, 0.1) is 11.7 Å². The van der Waals surface area contributed by atoms with Crippen molar-refractivity contribution in [2.45, 2.75) is 51.6 Å². The molecule has 6 heteroatoms. The number of esters is 1. The normalized spacial score (nSPS) is 16.1. The van der Waals surface area contributed by atoms with E-state index in [2.05, 4.69) is 21.2 Å². The first kappa shape index (κ1) is 17.9. The van der Waals surface area contributed by atoms with Crippen LogP contribution in [0.2, 0.25) is 0 Å². The van der Waals surface area contributed by atoms with E-state index in [0.717, 1.165) is 6.42 Å². The highest BCUT2D eigenvalue weighted by atomic mass is 79.9. The highest BCUT2D eigenvalue weighted by molar-refractivity contribution is 9.10. The summed E-state index contributed by atoms with van der Waals surface area (Å²) in [6, 6.07) is 4.33. The van der Waals surface area contributed by atoms with E-state index in [1.54, 1.807) is 6.07 Å². The summed E-state index contributed by atoms with van der Waals surface area (Å²) >= 11 is 3.15. The fourth-order valence-electron chi connectivity index (χ4n) is 2.76. The third kappa shape index (κ3) is 5.61. The zero-order chi connectivity index (χ0) is 16.8. The first-order valence-corrected chi connectivity index (χ1v) is 8.70. The van der Waals surface area contributed by atoms with E-state index in [0.29, 0.717) is 16.8 Å². The molecule has 1 N–H and O–H groups in total. The van der Waals surface area contributed by atoms with E-state index < -0.39 is 17.8 Å². The summed E-state index contributed by atoms with van der Waals surface area (Å²) in [6.45, 7) is 1.49. The Morgan fingerprint density at radius 3 is 2.74 bits per heavy atom. The standard InChI is InChI=1S/C17H21BrFNO3/c1-11(23-16(21)9-6-12-4-2-3-5-12)17(22)20-15-8-7-13(18)10-14(15)19/h7-8,10-12H,2-6,9H2,1H3,(H,20,22). The van der Waals surface area contributed by atoms with Crippen LogP contribution in [0.1, 0.15) is 45.4 Å². The molecule has 1 aliphatic carbocycles. The Labute approximate surface area is 143 Å². The molecule has 126 valence electrons. The van der Waals surface area contributed by atoms with Crippen molar-refractivity contribution in [2.24, 2.45) is 5.92 Å². The average Bonchev–Trinajstić information content (AvgIpc) is 3.01. The van der Waals surface area contributed by atoms with Crippen LogP contribution in [0.3, 0.4) is 0 Å². The smallest absolute Gasteiger partial charge is 0.306 e. The predicted molar refractivity (Wildman–Crippen MR) is 89.5 cm³/mol. The van der Waals surface area contributed by atoms with Crippen LogP contribution < -0.4 is 5.32 Å². The Morgan fingerprint density at radius 2 is 2.09 bits per heavy atom. The van der Waals surface area contributed by atoms with Gasteiger partial charge < -0.3 is 10.1 Å². The summed E-state index contributed by atoms with van der Waals surface area (Å²) in [5.74, 6) is -0.868. The van der Waals surface area contributed by atoms with Gasteiger partial charge in [-0.2, -0.15) is 0 Å². The van der Waals surface area contributed by atoms with Gasteiger partial charge in [0, 0.05) is 10.9 Å². The summed E-state index contributed by atoms with van der Waals surface area (Å²) in [5.41, 5.74) is 0.0621. The third-order valence-corrected chi connectivity index (χ3v) is 4.59. The maximum atomic E-state index is 13.7. The molecule has 1 aromatic rings. The second kappa shape index (κ2) is 8.43.